The van der Waals surface area contributed by atoms with Gasteiger partial charge in [-0.05, 0) is 53.4 Å². The molecule has 2 atom stereocenters. The number of hydrogen-bond donors (Lipinski definition) is 1. The maximum absolute atomic E-state index is 12.7. The smallest absolute Gasteiger partial charge is 0.380 e. The molecule has 0 aliphatic rings. The van der Waals surface area contributed by atoms with Crippen molar-refractivity contribution in [3.05, 3.63) is 65.4 Å². The SMILES string of the molecule is CCC(C)C(N=Cc1cccc(OC(=O)/C(OC)=C(\Cl)c2ccc(OC)cc2)c1)C(=O)O. The van der Waals surface area contributed by atoms with E-state index in [2.05, 4.69) is 4.99 Å². The minimum atomic E-state index is -0.985. The normalized spacial score (nSPS) is 13.8. The van der Waals surface area contributed by atoms with Crippen LogP contribution in [0.4, 0.5) is 0 Å². The lowest BCUT2D eigenvalue weighted by atomic mass is 10.00. The fraction of sp³-hybridized carbons (Fsp3) is 0.292. The molecule has 0 saturated carbocycles. The van der Waals surface area contributed by atoms with Crippen LogP contribution in [0.1, 0.15) is 31.4 Å². The Hall–Kier alpha value is -3.32. The lowest BCUT2D eigenvalue weighted by molar-refractivity contribution is -0.139. The van der Waals surface area contributed by atoms with Crippen molar-refractivity contribution in [1.82, 2.24) is 0 Å². The first-order valence-corrected chi connectivity index (χ1v) is 10.3. The topological polar surface area (TPSA) is 94.4 Å². The zero-order valence-corrected chi connectivity index (χ0v) is 19.1. The van der Waals surface area contributed by atoms with E-state index in [0.29, 0.717) is 23.3 Å². The molecule has 2 rings (SSSR count). The number of carbonyl (C=O) groups excluding carboxylic acids is 1. The number of hydrogen-bond acceptors (Lipinski definition) is 6. The van der Waals surface area contributed by atoms with Crippen LogP contribution in [-0.2, 0) is 14.3 Å². The molecule has 2 aromatic carbocycles. The second-order valence-corrected chi connectivity index (χ2v) is 7.36. The Kier molecular flexibility index (Phi) is 9.28. The zero-order valence-electron chi connectivity index (χ0n) is 18.4. The Balaban J connectivity index is 2.21. The number of halogens is 1. The molecule has 7 nitrogen and oxygen atoms in total. The molecule has 0 aliphatic carbocycles. The molecular formula is C24H26ClNO6. The maximum Gasteiger partial charge on any atom is 0.380 e. The molecule has 0 spiro atoms. The summed E-state index contributed by atoms with van der Waals surface area (Å²) in [7, 11) is 2.88. The summed E-state index contributed by atoms with van der Waals surface area (Å²) in [5.41, 5.74) is 1.15. The van der Waals surface area contributed by atoms with Crippen LogP contribution in [0.25, 0.3) is 5.03 Å². The third kappa shape index (κ3) is 6.59. The largest absolute Gasteiger partial charge is 0.497 e. The van der Waals surface area contributed by atoms with Crippen molar-refractivity contribution < 1.29 is 28.9 Å². The molecule has 0 bridgehead atoms. The van der Waals surface area contributed by atoms with Crippen LogP contribution < -0.4 is 9.47 Å². The van der Waals surface area contributed by atoms with Gasteiger partial charge in [-0.1, -0.05) is 44.0 Å². The third-order valence-electron chi connectivity index (χ3n) is 4.82. The van der Waals surface area contributed by atoms with Gasteiger partial charge in [-0.15, -0.1) is 0 Å². The van der Waals surface area contributed by atoms with E-state index in [9.17, 15) is 14.7 Å². The number of aliphatic carboxylic acids is 1. The Morgan fingerprint density at radius 3 is 2.38 bits per heavy atom. The van der Waals surface area contributed by atoms with Gasteiger partial charge in [0.2, 0.25) is 5.76 Å². The van der Waals surface area contributed by atoms with Crippen molar-refractivity contribution in [3.8, 4) is 11.5 Å². The predicted octanol–water partition coefficient (Wildman–Crippen LogP) is 4.77. The molecule has 0 radical (unpaired) electrons. The van der Waals surface area contributed by atoms with Crippen LogP contribution in [0.15, 0.2) is 59.3 Å². The molecule has 0 aromatic heterocycles. The highest BCUT2D eigenvalue weighted by molar-refractivity contribution is 6.50. The summed E-state index contributed by atoms with van der Waals surface area (Å²) in [6, 6.07) is 12.5. The summed E-state index contributed by atoms with van der Waals surface area (Å²) >= 11 is 6.35. The lowest BCUT2D eigenvalue weighted by Crippen LogP contribution is -2.25. The number of nitrogens with zero attached hydrogens (tertiary/aromatic N) is 1. The minimum absolute atomic E-state index is 0.0933. The monoisotopic (exact) mass is 459 g/mol. The first kappa shape index (κ1) is 24.9. The fourth-order valence-electron chi connectivity index (χ4n) is 2.79. The van der Waals surface area contributed by atoms with E-state index in [1.807, 2.05) is 13.8 Å². The number of esters is 1. The zero-order chi connectivity index (χ0) is 23.7. The molecule has 8 heteroatoms. The van der Waals surface area contributed by atoms with Crippen LogP contribution in [-0.4, -0.2) is 43.5 Å². The van der Waals surface area contributed by atoms with E-state index in [4.69, 9.17) is 25.8 Å². The van der Waals surface area contributed by atoms with Gasteiger partial charge in [0.25, 0.3) is 0 Å². The Morgan fingerprint density at radius 2 is 1.81 bits per heavy atom. The average molecular weight is 460 g/mol. The molecule has 0 fully saturated rings. The molecule has 0 saturated heterocycles. The van der Waals surface area contributed by atoms with Gasteiger partial charge < -0.3 is 19.3 Å². The summed E-state index contributed by atoms with van der Waals surface area (Å²) in [5.74, 6) is -1.13. The van der Waals surface area contributed by atoms with Gasteiger partial charge in [0, 0.05) is 6.21 Å². The highest BCUT2D eigenvalue weighted by Gasteiger charge is 2.22. The molecule has 1 N–H and O–H groups in total. The summed E-state index contributed by atoms with van der Waals surface area (Å²) in [6.07, 6.45) is 2.15. The minimum Gasteiger partial charge on any atom is -0.497 e. The Labute approximate surface area is 192 Å². The van der Waals surface area contributed by atoms with E-state index in [1.54, 1.807) is 55.6 Å². The van der Waals surface area contributed by atoms with E-state index >= 15 is 0 Å². The van der Waals surface area contributed by atoms with Gasteiger partial charge in [-0.25, -0.2) is 9.59 Å². The summed E-state index contributed by atoms with van der Waals surface area (Å²) in [4.78, 5) is 28.3. The van der Waals surface area contributed by atoms with E-state index in [1.165, 1.54) is 13.3 Å². The van der Waals surface area contributed by atoms with E-state index in [-0.39, 0.29) is 22.5 Å². The number of ether oxygens (including phenoxy) is 3. The number of carboxylic acids is 1. The maximum atomic E-state index is 12.7. The summed E-state index contributed by atoms with van der Waals surface area (Å²) in [5, 5.41) is 9.46. The molecule has 2 unspecified atom stereocenters. The van der Waals surface area contributed by atoms with Crippen LogP contribution in [0.3, 0.4) is 0 Å². The van der Waals surface area contributed by atoms with Crippen molar-refractivity contribution >= 4 is 34.8 Å². The van der Waals surface area contributed by atoms with Crippen molar-refractivity contribution in [2.24, 2.45) is 10.9 Å². The van der Waals surface area contributed by atoms with E-state index < -0.39 is 18.0 Å². The number of carboxylic acid groups (broad SMARTS) is 1. The Morgan fingerprint density at radius 1 is 1.12 bits per heavy atom. The van der Waals surface area contributed by atoms with Crippen LogP contribution in [0, 0.1) is 5.92 Å². The number of rotatable bonds is 10. The molecular weight excluding hydrogens is 434 g/mol. The van der Waals surface area contributed by atoms with Gasteiger partial charge >= 0.3 is 11.9 Å². The molecule has 32 heavy (non-hydrogen) atoms. The second kappa shape index (κ2) is 11.9. The molecule has 170 valence electrons. The van der Waals surface area contributed by atoms with Crippen LogP contribution >= 0.6 is 11.6 Å². The number of methoxy groups -OCH3 is 2. The quantitative estimate of drug-likeness (QED) is 0.181. The van der Waals surface area contributed by atoms with Crippen molar-refractivity contribution in [2.75, 3.05) is 14.2 Å². The number of benzene rings is 2. The summed E-state index contributed by atoms with van der Waals surface area (Å²) in [6.45, 7) is 3.74. The van der Waals surface area contributed by atoms with Gasteiger partial charge in [0.05, 0.1) is 19.3 Å². The van der Waals surface area contributed by atoms with Gasteiger partial charge in [0.15, 0.2) is 0 Å². The van der Waals surface area contributed by atoms with Crippen molar-refractivity contribution in [3.63, 3.8) is 0 Å². The molecule has 2 aromatic rings. The molecule has 0 heterocycles. The third-order valence-corrected chi connectivity index (χ3v) is 5.21. The first-order valence-electron chi connectivity index (χ1n) is 9.97. The van der Waals surface area contributed by atoms with Gasteiger partial charge in [-0.2, -0.15) is 0 Å². The second-order valence-electron chi connectivity index (χ2n) is 6.98. The van der Waals surface area contributed by atoms with Gasteiger partial charge in [-0.3, -0.25) is 4.99 Å². The molecule has 0 amide bonds. The predicted molar refractivity (Wildman–Crippen MR) is 123 cm³/mol. The Bertz CT molecular complexity index is 1000. The highest BCUT2D eigenvalue weighted by atomic mass is 35.5. The van der Waals surface area contributed by atoms with Crippen molar-refractivity contribution in [2.45, 2.75) is 26.3 Å². The van der Waals surface area contributed by atoms with Gasteiger partial charge in [0.1, 0.15) is 17.5 Å². The molecule has 0 aliphatic heterocycles. The fourth-order valence-corrected chi connectivity index (χ4v) is 3.07. The average Bonchev–Trinajstić information content (AvgIpc) is 2.79. The number of aliphatic imine (C=N–C) groups is 1. The summed E-state index contributed by atoms with van der Waals surface area (Å²) < 4.78 is 15.7. The van der Waals surface area contributed by atoms with E-state index in [0.717, 1.165) is 0 Å². The van der Waals surface area contributed by atoms with Crippen molar-refractivity contribution in [1.29, 1.82) is 0 Å². The lowest BCUT2D eigenvalue weighted by Gasteiger charge is -2.14. The standard InChI is InChI=1S/C24H26ClNO6/c1-5-15(2)21(23(27)28)26-14-16-7-6-8-19(13-16)32-24(29)22(31-4)20(25)17-9-11-18(30-3)12-10-17/h6-15,21H,5H2,1-4H3,(H,27,28)/b22-20+,26-14?. The highest BCUT2D eigenvalue weighted by Crippen LogP contribution is 2.27. The first-order chi connectivity index (χ1) is 15.3. The van der Waals surface area contributed by atoms with Crippen LogP contribution in [0.2, 0.25) is 0 Å². The number of carbonyl (C=O) groups is 2. The van der Waals surface area contributed by atoms with Crippen LogP contribution in [0.5, 0.6) is 11.5 Å².